The van der Waals surface area contributed by atoms with E-state index in [0.717, 1.165) is 5.56 Å². The van der Waals surface area contributed by atoms with Crippen LogP contribution < -0.4 is 18.9 Å². The SMILES string of the molecule is COc1ccc(NS(=O)(=O)c2ccc3c(c2)OCO3)cc1C. The topological polar surface area (TPSA) is 73.9 Å². The van der Waals surface area contributed by atoms with Gasteiger partial charge < -0.3 is 14.2 Å². The van der Waals surface area contributed by atoms with E-state index in [9.17, 15) is 8.42 Å². The highest BCUT2D eigenvalue weighted by atomic mass is 32.2. The molecule has 1 N–H and O–H groups in total. The molecule has 0 saturated carbocycles. The van der Waals surface area contributed by atoms with Gasteiger partial charge in [-0.25, -0.2) is 8.42 Å². The van der Waals surface area contributed by atoms with Crippen LogP contribution in [0.5, 0.6) is 17.2 Å². The fourth-order valence-corrected chi connectivity index (χ4v) is 3.26. The molecule has 0 fully saturated rings. The second-order valence-corrected chi connectivity index (χ2v) is 6.49. The third-order valence-corrected chi connectivity index (χ3v) is 4.68. The van der Waals surface area contributed by atoms with Crippen molar-refractivity contribution in [1.82, 2.24) is 0 Å². The van der Waals surface area contributed by atoms with E-state index in [4.69, 9.17) is 14.2 Å². The first-order valence-electron chi connectivity index (χ1n) is 6.57. The number of hydrogen-bond donors (Lipinski definition) is 1. The van der Waals surface area contributed by atoms with Gasteiger partial charge in [0.2, 0.25) is 6.79 Å². The summed E-state index contributed by atoms with van der Waals surface area (Å²) in [5, 5.41) is 0. The van der Waals surface area contributed by atoms with Crippen molar-refractivity contribution in [3.63, 3.8) is 0 Å². The Morgan fingerprint density at radius 3 is 2.59 bits per heavy atom. The molecule has 2 aromatic rings. The third kappa shape index (κ3) is 2.67. The van der Waals surface area contributed by atoms with Crippen LogP contribution in [0.4, 0.5) is 5.69 Å². The minimum atomic E-state index is -3.70. The van der Waals surface area contributed by atoms with Crippen molar-refractivity contribution in [2.24, 2.45) is 0 Å². The number of anilines is 1. The maximum Gasteiger partial charge on any atom is 0.262 e. The summed E-state index contributed by atoms with van der Waals surface area (Å²) in [5.74, 6) is 1.67. The van der Waals surface area contributed by atoms with Gasteiger partial charge in [0, 0.05) is 11.8 Å². The monoisotopic (exact) mass is 321 g/mol. The summed E-state index contributed by atoms with van der Waals surface area (Å²) in [4.78, 5) is 0.116. The average molecular weight is 321 g/mol. The quantitative estimate of drug-likeness (QED) is 0.937. The molecule has 0 spiro atoms. The molecular formula is C15H15NO5S. The fourth-order valence-electron chi connectivity index (χ4n) is 2.20. The minimum absolute atomic E-state index is 0.101. The molecular weight excluding hydrogens is 306 g/mol. The Morgan fingerprint density at radius 1 is 1.09 bits per heavy atom. The summed E-state index contributed by atoms with van der Waals surface area (Å²) >= 11 is 0. The van der Waals surface area contributed by atoms with Gasteiger partial charge >= 0.3 is 0 Å². The standard InChI is InChI=1S/C15H15NO5S/c1-10-7-11(3-5-13(10)19-2)16-22(17,18)12-4-6-14-15(8-12)21-9-20-14/h3-8,16H,9H2,1-2H3. The summed E-state index contributed by atoms with van der Waals surface area (Å²) in [5.41, 5.74) is 1.31. The number of nitrogens with one attached hydrogen (secondary N) is 1. The summed E-state index contributed by atoms with van der Waals surface area (Å²) < 4.78 is 42.9. The lowest BCUT2D eigenvalue weighted by atomic mass is 10.2. The lowest BCUT2D eigenvalue weighted by molar-refractivity contribution is 0.174. The lowest BCUT2D eigenvalue weighted by Gasteiger charge is -2.11. The highest BCUT2D eigenvalue weighted by Crippen LogP contribution is 2.34. The van der Waals surface area contributed by atoms with Crippen LogP contribution in [0, 0.1) is 6.92 Å². The summed E-state index contributed by atoms with van der Waals surface area (Å²) in [6, 6.07) is 9.58. The first-order chi connectivity index (χ1) is 10.5. The zero-order valence-corrected chi connectivity index (χ0v) is 12.9. The number of aryl methyl sites for hydroxylation is 1. The molecule has 0 saturated heterocycles. The molecule has 0 radical (unpaired) electrons. The van der Waals surface area contributed by atoms with Gasteiger partial charge in [-0.3, -0.25) is 4.72 Å². The molecule has 1 heterocycles. The third-order valence-electron chi connectivity index (χ3n) is 3.30. The summed E-state index contributed by atoms with van der Waals surface area (Å²) in [7, 11) is -2.13. The van der Waals surface area contributed by atoms with E-state index in [-0.39, 0.29) is 11.7 Å². The van der Waals surface area contributed by atoms with Gasteiger partial charge in [0.1, 0.15) is 5.75 Å². The predicted octanol–water partition coefficient (Wildman–Crippen LogP) is 2.53. The largest absolute Gasteiger partial charge is 0.496 e. The number of ether oxygens (including phenoxy) is 3. The Bertz CT molecular complexity index is 817. The highest BCUT2D eigenvalue weighted by Gasteiger charge is 2.20. The molecule has 7 heteroatoms. The first-order valence-corrected chi connectivity index (χ1v) is 8.05. The molecule has 0 bridgehead atoms. The molecule has 0 atom stereocenters. The Hall–Kier alpha value is -2.41. The smallest absolute Gasteiger partial charge is 0.262 e. The van der Waals surface area contributed by atoms with Crippen LogP contribution in [0.1, 0.15) is 5.56 Å². The number of fused-ring (bicyclic) bond motifs is 1. The second-order valence-electron chi connectivity index (χ2n) is 4.80. The van der Waals surface area contributed by atoms with Gasteiger partial charge in [0.25, 0.3) is 10.0 Å². The van der Waals surface area contributed by atoms with Crippen molar-refractivity contribution in [3.8, 4) is 17.2 Å². The van der Waals surface area contributed by atoms with E-state index in [2.05, 4.69) is 4.72 Å². The summed E-state index contributed by atoms with van der Waals surface area (Å²) in [6.45, 7) is 1.95. The van der Waals surface area contributed by atoms with Crippen molar-refractivity contribution >= 4 is 15.7 Å². The number of methoxy groups -OCH3 is 1. The molecule has 1 aliphatic heterocycles. The predicted molar refractivity (Wildman–Crippen MR) is 81.1 cm³/mol. The summed E-state index contributed by atoms with van der Waals surface area (Å²) in [6.07, 6.45) is 0. The van der Waals surface area contributed by atoms with Crippen LogP contribution >= 0.6 is 0 Å². The maximum absolute atomic E-state index is 12.4. The Morgan fingerprint density at radius 2 is 1.86 bits per heavy atom. The van der Waals surface area contributed by atoms with Gasteiger partial charge in [0.05, 0.1) is 12.0 Å². The van der Waals surface area contributed by atoms with Crippen LogP contribution in [0.15, 0.2) is 41.3 Å². The zero-order valence-electron chi connectivity index (χ0n) is 12.1. The molecule has 0 aromatic heterocycles. The molecule has 3 rings (SSSR count). The minimum Gasteiger partial charge on any atom is -0.496 e. The van der Waals surface area contributed by atoms with Crippen molar-refractivity contribution < 1.29 is 22.6 Å². The fraction of sp³-hybridized carbons (Fsp3) is 0.200. The van der Waals surface area contributed by atoms with Gasteiger partial charge in [0.15, 0.2) is 11.5 Å². The van der Waals surface area contributed by atoms with E-state index in [1.54, 1.807) is 31.4 Å². The molecule has 1 aliphatic rings. The van der Waals surface area contributed by atoms with Crippen molar-refractivity contribution in [1.29, 1.82) is 0 Å². The van der Waals surface area contributed by atoms with Crippen LogP contribution in [0.3, 0.4) is 0 Å². The van der Waals surface area contributed by atoms with Crippen molar-refractivity contribution in [2.45, 2.75) is 11.8 Å². The molecule has 0 unspecified atom stereocenters. The van der Waals surface area contributed by atoms with Gasteiger partial charge in [-0.1, -0.05) is 0 Å². The lowest BCUT2D eigenvalue weighted by Crippen LogP contribution is -2.13. The second kappa shape index (κ2) is 5.42. The van der Waals surface area contributed by atoms with Crippen molar-refractivity contribution in [3.05, 3.63) is 42.0 Å². The highest BCUT2D eigenvalue weighted by molar-refractivity contribution is 7.92. The van der Waals surface area contributed by atoms with E-state index in [1.165, 1.54) is 12.1 Å². The van der Waals surface area contributed by atoms with Gasteiger partial charge in [-0.15, -0.1) is 0 Å². The van der Waals surface area contributed by atoms with Crippen LogP contribution in [-0.2, 0) is 10.0 Å². The first kappa shape index (κ1) is 14.5. The molecule has 6 nitrogen and oxygen atoms in total. The van der Waals surface area contributed by atoms with Gasteiger partial charge in [-0.05, 0) is 42.8 Å². The van der Waals surface area contributed by atoms with E-state index < -0.39 is 10.0 Å². The number of sulfonamides is 1. The number of benzene rings is 2. The Kier molecular flexibility index (Phi) is 3.58. The Labute approximate surface area is 128 Å². The van der Waals surface area contributed by atoms with Crippen LogP contribution in [0.2, 0.25) is 0 Å². The van der Waals surface area contributed by atoms with Gasteiger partial charge in [-0.2, -0.15) is 0 Å². The van der Waals surface area contributed by atoms with E-state index in [0.29, 0.717) is 22.9 Å². The average Bonchev–Trinajstić information content (AvgIpc) is 2.94. The molecule has 116 valence electrons. The van der Waals surface area contributed by atoms with Crippen molar-refractivity contribution in [2.75, 3.05) is 18.6 Å². The van der Waals surface area contributed by atoms with Crippen LogP contribution in [-0.4, -0.2) is 22.3 Å². The van der Waals surface area contributed by atoms with E-state index in [1.807, 2.05) is 6.92 Å². The van der Waals surface area contributed by atoms with Crippen LogP contribution in [0.25, 0.3) is 0 Å². The molecule has 2 aromatic carbocycles. The number of hydrogen-bond acceptors (Lipinski definition) is 5. The molecule has 0 aliphatic carbocycles. The Balaban J connectivity index is 1.89. The normalized spacial score (nSPS) is 13.0. The van der Waals surface area contributed by atoms with E-state index >= 15 is 0 Å². The number of rotatable bonds is 4. The molecule has 22 heavy (non-hydrogen) atoms. The zero-order chi connectivity index (χ0) is 15.7. The molecule has 0 amide bonds. The maximum atomic E-state index is 12.4.